The van der Waals surface area contributed by atoms with Gasteiger partial charge in [0.2, 0.25) is 17.5 Å². The molecule has 5 fully saturated rings. The van der Waals surface area contributed by atoms with E-state index < -0.39 is 106 Å². The number of hydrogen-bond donors (Lipinski definition) is 2. The second kappa shape index (κ2) is 9.93. The number of esters is 4. The molecule has 5 aliphatic rings. The van der Waals surface area contributed by atoms with Crippen molar-refractivity contribution in [2.24, 2.45) is 34.5 Å². The second-order valence-electron chi connectivity index (χ2n) is 13.4. The molecule has 0 amide bonds. The molecule has 0 aromatic carbocycles. The SMILES string of the molecule is COC(=O)[C@@]12OC[C@]34[C@H]([C@@H](O)[C@@H]1O)[C@@]1(C)CC(=O)C(=O)C(C)[C@@H]1C[C@H]3OC(=O)[C@H](OC(=O)C=C(C)C(C)(C)OC(C)=O)[C@@H]24. The lowest BCUT2D eigenvalue weighted by molar-refractivity contribution is -0.295. The van der Waals surface area contributed by atoms with Crippen molar-refractivity contribution >= 4 is 35.4 Å². The monoisotopic (exact) mass is 606 g/mol. The van der Waals surface area contributed by atoms with Gasteiger partial charge < -0.3 is 33.9 Å². The molecule has 3 aliphatic carbocycles. The quantitative estimate of drug-likeness (QED) is 0.187. The normalized spacial score (nSPS) is 43.7. The van der Waals surface area contributed by atoms with Crippen molar-refractivity contribution in [1.82, 2.24) is 0 Å². The van der Waals surface area contributed by atoms with Crippen molar-refractivity contribution in [2.75, 3.05) is 13.7 Å². The Bertz CT molecular complexity index is 1330. The van der Waals surface area contributed by atoms with Gasteiger partial charge in [-0.3, -0.25) is 14.4 Å². The van der Waals surface area contributed by atoms with Crippen LogP contribution < -0.4 is 0 Å². The summed E-state index contributed by atoms with van der Waals surface area (Å²) in [6, 6.07) is 0. The van der Waals surface area contributed by atoms with E-state index in [0.717, 1.165) is 13.2 Å². The molecule has 11 atom stereocenters. The maximum Gasteiger partial charge on any atom is 0.348 e. The summed E-state index contributed by atoms with van der Waals surface area (Å²) >= 11 is 0. The van der Waals surface area contributed by atoms with Gasteiger partial charge in [0.25, 0.3) is 0 Å². The minimum atomic E-state index is -2.31. The number of Topliss-reactive ketones (excluding diaryl/α,β-unsaturated/α-hetero) is 2. The third kappa shape index (κ3) is 4.07. The van der Waals surface area contributed by atoms with Crippen molar-refractivity contribution in [2.45, 2.75) is 90.0 Å². The van der Waals surface area contributed by atoms with Crippen molar-refractivity contribution in [3.8, 4) is 0 Å². The van der Waals surface area contributed by atoms with Crippen LogP contribution in [0.15, 0.2) is 11.6 Å². The zero-order valence-electron chi connectivity index (χ0n) is 25.2. The Labute approximate surface area is 248 Å². The van der Waals surface area contributed by atoms with E-state index in [2.05, 4.69) is 0 Å². The van der Waals surface area contributed by atoms with Crippen LogP contribution in [-0.4, -0.2) is 95.0 Å². The molecule has 5 rings (SSSR count). The molecule has 13 nitrogen and oxygen atoms in total. The van der Waals surface area contributed by atoms with E-state index >= 15 is 0 Å². The molecule has 236 valence electrons. The fraction of sp³-hybridized carbons (Fsp3) is 0.733. The number of methoxy groups -OCH3 is 1. The molecule has 0 radical (unpaired) electrons. The van der Waals surface area contributed by atoms with Gasteiger partial charge in [-0.2, -0.15) is 0 Å². The fourth-order valence-electron chi connectivity index (χ4n) is 9.00. The summed E-state index contributed by atoms with van der Waals surface area (Å²) in [6.45, 7) is 8.96. The summed E-state index contributed by atoms with van der Waals surface area (Å²) < 4.78 is 28.0. The van der Waals surface area contributed by atoms with Gasteiger partial charge in [0.15, 0.2) is 5.78 Å². The van der Waals surface area contributed by atoms with Crippen LogP contribution >= 0.6 is 0 Å². The van der Waals surface area contributed by atoms with E-state index in [4.69, 9.17) is 23.7 Å². The largest absolute Gasteiger partial charge is 0.467 e. The summed E-state index contributed by atoms with van der Waals surface area (Å²) in [5, 5.41) is 23.4. The van der Waals surface area contributed by atoms with Crippen LogP contribution in [0.25, 0.3) is 0 Å². The van der Waals surface area contributed by atoms with Gasteiger partial charge in [-0.25, -0.2) is 14.4 Å². The van der Waals surface area contributed by atoms with Crippen LogP contribution in [0, 0.1) is 34.5 Å². The van der Waals surface area contributed by atoms with Crippen molar-refractivity contribution in [1.29, 1.82) is 0 Å². The van der Waals surface area contributed by atoms with Crippen LogP contribution in [-0.2, 0) is 52.5 Å². The van der Waals surface area contributed by atoms with Gasteiger partial charge in [0.05, 0.1) is 25.7 Å². The Balaban J connectivity index is 1.64. The molecule has 2 bridgehead atoms. The highest BCUT2D eigenvalue weighted by molar-refractivity contribution is 6.38. The predicted octanol–water partition coefficient (Wildman–Crippen LogP) is 0.212. The zero-order chi connectivity index (χ0) is 32.0. The maximum atomic E-state index is 13.6. The van der Waals surface area contributed by atoms with Crippen LogP contribution in [0.5, 0.6) is 0 Å². The standard InChI is InChI=1S/C30H38O13/c1-12(27(4,5)43-14(3)31)8-18(33)42-21-23-29-11-40-30(23,26(38)39-7)24(36)20(35)22(29)28(6)10-16(32)19(34)13(2)15(28)9-17(29)41-25(21)37/h8,13,15,17,20-24,35-36H,9-11H2,1-7H3/t13?,15-,17+,20+,21+,22+,23+,24-,28-,29+,30-/m0/s1. The zero-order valence-corrected chi connectivity index (χ0v) is 25.2. The summed E-state index contributed by atoms with van der Waals surface area (Å²) in [7, 11) is 1.06. The van der Waals surface area contributed by atoms with Gasteiger partial charge in [0.1, 0.15) is 17.8 Å². The molecule has 13 heteroatoms. The molecular weight excluding hydrogens is 568 g/mol. The predicted molar refractivity (Wildman–Crippen MR) is 141 cm³/mol. The molecule has 2 saturated heterocycles. The fourth-order valence-corrected chi connectivity index (χ4v) is 9.00. The Morgan fingerprint density at radius 1 is 1.09 bits per heavy atom. The Kier molecular flexibility index (Phi) is 7.22. The smallest absolute Gasteiger partial charge is 0.348 e. The van der Waals surface area contributed by atoms with Gasteiger partial charge in [-0.1, -0.05) is 13.8 Å². The van der Waals surface area contributed by atoms with Crippen molar-refractivity contribution in [3.05, 3.63) is 11.6 Å². The van der Waals surface area contributed by atoms with Crippen molar-refractivity contribution < 1.29 is 62.7 Å². The van der Waals surface area contributed by atoms with Crippen LogP contribution in [0.3, 0.4) is 0 Å². The number of carbonyl (C=O) groups excluding carboxylic acids is 6. The molecule has 2 aliphatic heterocycles. The van der Waals surface area contributed by atoms with E-state index in [9.17, 15) is 39.0 Å². The van der Waals surface area contributed by atoms with Gasteiger partial charge in [-0.15, -0.1) is 0 Å². The third-order valence-electron chi connectivity index (χ3n) is 11.0. The number of fused-ring (bicyclic) bond motifs is 2. The Morgan fingerprint density at radius 2 is 1.74 bits per heavy atom. The lowest BCUT2D eigenvalue weighted by atomic mass is 9.37. The Hall–Kier alpha value is -3.16. The number of rotatable bonds is 5. The summed E-state index contributed by atoms with van der Waals surface area (Å²) in [6.07, 6.45) is -5.44. The molecule has 43 heavy (non-hydrogen) atoms. The first kappa shape index (κ1) is 31.3. The molecule has 1 spiro atoms. The first-order valence-corrected chi connectivity index (χ1v) is 14.3. The molecule has 1 unspecified atom stereocenters. The summed E-state index contributed by atoms with van der Waals surface area (Å²) in [4.78, 5) is 77.6. The van der Waals surface area contributed by atoms with E-state index in [1.807, 2.05) is 0 Å². The second-order valence-corrected chi connectivity index (χ2v) is 13.4. The average Bonchev–Trinajstić information content (AvgIpc) is 3.21. The molecule has 0 aromatic rings. The van der Waals surface area contributed by atoms with Crippen LogP contribution in [0.2, 0.25) is 0 Å². The number of hydrogen-bond acceptors (Lipinski definition) is 13. The highest BCUT2D eigenvalue weighted by Crippen LogP contribution is 2.72. The summed E-state index contributed by atoms with van der Waals surface area (Å²) in [5.41, 5.74) is -5.68. The van der Waals surface area contributed by atoms with Gasteiger partial charge in [0, 0.05) is 36.7 Å². The van der Waals surface area contributed by atoms with Crippen LogP contribution in [0.1, 0.15) is 54.4 Å². The van der Waals surface area contributed by atoms with Gasteiger partial charge in [-0.05, 0) is 44.1 Å². The minimum absolute atomic E-state index is 0.120. The number of ketones is 2. The first-order valence-electron chi connectivity index (χ1n) is 14.3. The molecule has 2 heterocycles. The van der Waals surface area contributed by atoms with Crippen molar-refractivity contribution in [3.63, 3.8) is 0 Å². The highest BCUT2D eigenvalue weighted by Gasteiger charge is 2.85. The van der Waals surface area contributed by atoms with Crippen LogP contribution in [0.4, 0.5) is 0 Å². The Morgan fingerprint density at radius 3 is 2.35 bits per heavy atom. The molecular formula is C30H38O13. The average molecular weight is 607 g/mol. The molecule has 0 aromatic heterocycles. The maximum absolute atomic E-state index is 13.6. The third-order valence-corrected chi connectivity index (χ3v) is 11.0. The highest BCUT2D eigenvalue weighted by atomic mass is 16.6. The number of carbonyl (C=O) groups is 6. The minimum Gasteiger partial charge on any atom is -0.467 e. The summed E-state index contributed by atoms with van der Waals surface area (Å²) in [5.74, 6) is -8.47. The number of aliphatic hydroxyl groups is 2. The number of ether oxygens (including phenoxy) is 5. The lowest BCUT2D eigenvalue weighted by Gasteiger charge is -2.67. The van der Waals surface area contributed by atoms with E-state index in [1.54, 1.807) is 27.7 Å². The molecule has 3 saturated carbocycles. The van der Waals surface area contributed by atoms with E-state index in [-0.39, 0.29) is 19.4 Å². The lowest BCUT2D eigenvalue weighted by Crippen LogP contribution is -2.79. The van der Waals surface area contributed by atoms with E-state index in [0.29, 0.717) is 5.57 Å². The topological polar surface area (TPSA) is 189 Å². The number of aliphatic hydroxyl groups excluding tert-OH is 2. The molecule has 2 N–H and O–H groups in total. The van der Waals surface area contributed by atoms with Gasteiger partial charge >= 0.3 is 23.9 Å². The first-order chi connectivity index (χ1) is 19.9. The van der Waals surface area contributed by atoms with E-state index in [1.165, 1.54) is 13.8 Å².